The molecule has 3 nitrogen and oxygen atoms in total. The van der Waals surface area contributed by atoms with Gasteiger partial charge in [-0.3, -0.25) is 4.79 Å². The van der Waals surface area contributed by atoms with Gasteiger partial charge in [0.25, 0.3) is 0 Å². The summed E-state index contributed by atoms with van der Waals surface area (Å²) in [4.78, 5) is 12.1. The number of hydrogen-bond acceptors (Lipinski definition) is 3. The molecule has 0 aliphatic carbocycles. The Morgan fingerprint density at radius 2 is 1.81 bits per heavy atom. The Kier molecular flexibility index (Phi) is 4.31. The lowest BCUT2D eigenvalue weighted by Gasteiger charge is -2.10. The number of ether oxygens (including phenoxy) is 2. The van der Waals surface area contributed by atoms with Gasteiger partial charge in [-0.15, -0.1) is 0 Å². The molecule has 0 aromatic heterocycles. The highest BCUT2D eigenvalue weighted by molar-refractivity contribution is 5.96. The topological polar surface area (TPSA) is 38.8 Å². The summed E-state index contributed by atoms with van der Waals surface area (Å²) in [5, 5.41) is 0. The van der Waals surface area contributed by atoms with Crippen molar-refractivity contribution in [3.8, 4) is 5.75 Å². The molecule has 1 saturated heterocycles. The van der Waals surface area contributed by atoms with Gasteiger partial charge in [-0.25, -0.2) is 0 Å². The van der Waals surface area contributed by atoms with E-state index in [1.54, 1.807) is 0 Å². The van der Waals surface area contributed by atoms with Gasteiger partial charge in [0.2, 0.25) is 0 Å². The molecule has 1 unspecified atom stereocenters. The number of rotatable bonds is 7. The smallest absolute Gasteiger partial charge is 0.163 e. The zero-order chi connectivity index (χ0) is 14.5. The molecule has 1 aliphatic rings. The van der Waals surface area contributed by atoms with E-state index in [4.69, 9.17) is 9.47 Å². The maximum absolute atomic E-state index is 12.1. The van der Waals surface area contributed by atoms with Crippen molar-refractivity contribution in [2.24, 2.45) is 0 Å². The SMILES string of the molecule is O=C(CCc1ccccc1OCC1CO1)c1ccccc1. The van der Waals surface area contributed by atoms with Crippen molar-refractivity contribution in [1.82, 2.24) is 0 Å². The van der Waals surface area contributed by atoms with E-state index >= 15 is 0 Å². The molecule has 2 aromatic carbocycles. The minimum Gasteiger partial charge on any atom is -0.491 e. The van der Waals surface area contributed by atoms with Gasteiger partial charge in [-0.1, -0.05) is 48.5 Å². The van der Waals surface area contributed by atoms with Gasteiger partial charge in [-0.05, 0) is 18.1 Å². The molecule has 0 N–H and O–H groups in total. The average molecular weight is 282 g/mol. The van der Waals surface area contributed by atoms with Gasteiger partial charge in [0.05, 0.1) is 6.61 Å². The van der Waals surface area contributed by atoms with E-state index in [0.29, 0.717) is 19.4 Å². The number of hydrogen-bond donors (Lipinski definition) is 0. The number of Topliss-reactive ketones (excluding diaryl/α,β-unsaturated/α-hetero) is 1. The third-order valence-corrected chi connectivity index (χ3v) is 3.52. The van der Waals surface area contributed by atoms with Gasteiger partial charge in [0, 0.05) is 12.0 Å². The molecule has 0 radical (unpaired) electrons. The highest BCUT2D eigenvalue weighted by Crippen LogP contribution is 2.22. The molecule has 3 heteroatoms. The standard InChI is InChI=1S/C18H18O3/c19-17(14-6-2-1-3-7-14)11-10-15-8-4-5-9-18(15)21-13-16-12-20-16/h1-9,16H,10-13H2. The summed E-state index contributed by atoms with van der Waals surface area (Å²) in [7, 11) is 0. The van der Waals surface area contributed by atoms with Gasteiger partial charge in [-0.2, -0.15) is 0 Å². The molecule has 108 valence electrons. The molecular weight excluding hydrogens is 264 g/mol. The Morgan fingerprint density at radius 3 is 2.57 bits per heavy atom. The molecule has 2 aromatic rings. The highest BCUT2D eigenvalue weighted by Gasteiger charge is 2.23. The fourth-order valence-electron chi connectivity index (χ4n) is 2.21. The molecule has 0 amide bonds. The van der Waals surface area contributed by atoms with Crippen LogP contribution in [0.1, 0.15) is 22.3 Å². The zero-order valence-corrected chi connectivity index (χ0v) is 11.8. The van der Waals surface area contributed by atoms with E-state index in [0.717, 1.165) is 23.5 Å². The lowest BCUT2D eigenvalue weighted by molar-refractivity contribution is 0.0982. The van der Waals surface area contributed by atoms with Crippen LogP contribution in [0.5, 0.6) is 5.75 Å². The Labute approximate surface area is 124 Å². The summed E-state index contributed by atoms with van der Waals surface area (Å²) in [5.74, 6) is 1.02. The van der Waals surface area contributed by atoms with Crippen molar-refractivity contribution in [1.29, 1.82) is 0 Å². The second-order valence-electron chi connectivity index (χ2n) is 5.16. The maximum atomic E-state index is 12.1. The minimum absolute atomic E-state index is 0.163. The molecule has 0 spiro atoms. The first-order chi connectivity index (χ1) is 10.3. The molecule has 1 heterocycles. The quantitative estimate of drug-likeness (QED) is 0.578. The molecule has 1 atom stereocenters. The summed E-state index contributed by atoms with van der Waals surface area (Å²) in [6, 6.07) is 17.3. The third kappa shape index (κ3) is 3.92. The first kappa shape index (κ1) is 13.8. The van der Waals surface area contributed by atoms with E-state index < -0.39 is 0 Å². The van der Waals surface area contributed by atoms with Gasteiger partial charge < -0.3 is 9.47 Å². The molecular formula is C18H18O3. The van der Waals surface area contributed by atoms with Crippen LogP contribution >= 0.6 is 0 Å². The van der Waals surface area contributed by atoms with Crippen LogP contribution in [0, 0.1) is 0 Å². The lowest BCUT2D eigenvalue weighted by atomic mass is 10.0. The van der Waals surface area contributed by atoms with E-state index in [1.165, 1.54) is 0 Å². The third-order valence-electron chi connectivity index (χ3n) is 3.52. The first-order valence-corrected chi connectivity index (χ1v) is 7.23. The molecule has 1 aliphatic heterocycles. The van der Waals surface area contributed by atoms with Crippen molar-refractivity contribution in [2.75, 3.05) is 13.2 Å². The van der Waals surface area contributed by atoms with E-state index in [-0.39, 0.29) is 11.9 Å². The Morgan fingerprint density at radius 1 is 1.10 bits per heavy atom. The van der Waals surface area contributed by atoms with Crippen molar-refractivity contribution < 1.29 is 14.3 Å². The molecule has 21 heavy (non-hydrogen) atoms. The molecule has 0 saturated carbocycles. The largest absolute Gasteiger partial charge is 0.491 e. The van der Waals surface area contributed by atoms with E-state index in [2.05, 4.69) is 0 Å². The van der Waals surface area contributed by atoms with Crippen LogP contribution in [0.3, 0.4) is 0 Å². The fourth-order valence-corrected chi connectivity index (χ4v) is 2.21. The van der Waals surface area contributed by atoms with Crippen LogP contribution in [0.15, 0.2) is 54.6 Å². The van der Waals surface area contributed by atoms with E-state index in [1.807, 2.05) is 54.6 Å². The summed E-state index contributed by atoms with van der Waals surface area (Å²) in [6.07, 6.45) is 1.42. The molecule has 0 bridgehead atoms. The summed E-state index contributed by atoms with van der Waals surface area (Å²) < 4.78 is 10.9. The van der Waals surface area contributed by atoms with Crippen molar-refractivity contribution in [3.05, 3.63) is 65.7 Å². The van der Waals surface area contributed by atoms with Crippen molar-refractivity contribution in [2.45, 2.75) is 18.9 Å². The number of ketones is 1. The molecule has 1 fully saturated rings. The van der Waals surface area contributed by atoms with Gasteiger partial charge in [0.1, 0.15) is 18.5 Å². The molecule has 3 rings (SSSR count). The van der Waals surface area contributed by atoms with Crippen LogP contribution < -0.4 is 4.74 Å². The van der Waals surface area contributed by atoms with Crippen LogP contribution in [0.4, 0.5) is 0 Å². The Balaban J connectivity index is 1.60. The van der Waals surface area contributed by atoms with Crippen molar-refractivity contribution in [3.63, 3.8) is 0 Å². The van der Waals surface area contributed by atoms with E-state index in [9.17, 15) is 4.79 Å². The minimum atomic E-state index is 0.163. The fraction of sp³-hybridized carbons (Fsp3) is 0.278. The predicted octanol–water partition coefficient (Wildman–Crippen LogP) is 3.28. The summed E-state index contributed by atoms with van der Waals surface area (Å²) in [6.45, 7) is 1.37. The summed E-state index contributed by atoms with van der Waals surface area (Å²) >= 11 is 0. The Bertz CT molecular complexity index is 603. The number of epoxide rings is 1. The number of para-hydroxylation sites is 1. The van der Waals surface area contributed by atoms with Gasteiger partial charge >= 0.3 is 0 Å². The van der Waals surface area contributed by atoms with Crippen LogP contribution in [0.25, 0.3) is 0 Å². The normalized spacial score (nSPS) is 16.5. The summed E-state index contributed by atoms with van der Waals surface area (Å²) in [5.41, 5.74) is 1.84. The number of carbonyl (C=O) groups is 1. The number of aryl methyl sites for hydroxylation is 1. The predicted molar refractivity (Wildman–Crippen MR) is 80.8 cm³/mol. The second-order valence-corrected chi connectivity index (χ2v) is 5.16. The maximum Gasteiger partial charge on any atom is 0.163 e. The zero-order valence-electron chi connectivity index (χ0n) is 11.8. The lowest BCUT2D eigenvalue weighted by Crippen LogP contribution is -2.07. The van der Waals surface area contributed by atoms with Crippen LogP contribution in [-0.2, 0) is 11.2 Å². The second kappa shape index (κ2) is 6.55. The number of carbonyl (C=O) groups excluding carboxylic acids is 1. The van der Waals surface area contributed by atoms with Gasteiger partial charge in [0.15, 0.2) is 5.78 Å². The monoisotopic (exact) mass is 282 g/mol. The van der Waals surface area contributed by atoms with Crippen molar-refractivity contribution >= 4 is 5.78 Å². The average Bonchev–Trinajstić information content (AvgIpc) is 3.36. The van der Waals surface area contributed by atoms with Crippen LogP contribution in [-0.4, -0.2) is 25.1 Å². The number of benzene rings is 2. The first-order valence-electron chi connectivity index (χ1n) is 7.23. The highest BCUT2D eigenvalue weighted by atomic mass is 16.6. The Hall–Kier alpha value is -2.13. The van der Waals surface area contributed by atoms with Crippen LogP contribution in [0.2, 0.25) is 0 Å².